The minimum Gasteiger partial charge on any atom is -0.418 e. The zero-order valence-electron chi connectivity index (χ0n) is 15.4. The summed E-state index contributed by atoms with van der Waals surface area (Å²) >= 11 is 0. The van der Waals surface area contributed by atoms with Gasteiger partial charge in [0, 0.05) is 7.26 Å². The first kappa shape index (κ1) is 24.5. The quantitative estimate of drug-likeness (QED) is 0.230. The van der Waals surface area contributed by atoms with E-state index in [-0.39, 0.29) is 0 Å². The molecule has 0 spiro atoms. The molecule has 0 amide bonds. The minimum atomic E-state index is -6.00. The molecule has 22 heavy (non-hydrogen) atoms. The van der Waals surface area contributed by atoms with Gasteiger partial charge in [0.1, 0.15) is 0 Å². The van der Waals surface area contributed by atoms with Crippen LogP contribution >= 0.6 is 7.26 Å². The smallest absolute Gasteiger partial charge is 0.418 e. The summed E-state index contributed by atoms with van der Waals surface area (Å²) in [6, 6.07) is 0. The number of unbranched alkanes of at least 4 members (excludes halogenated alkanes) is 3. The minimum absolute atomic E-state index is 0.576. The number of hydrogen-bond acceptors (Lipinski definition) is 0. The molecule has 0 aliphatic heterocycles. The summed E-state index contributed by atoms with van der Waals surface area (Å²) < 4.78 is 39.0. The molecule has 0 nitrogen and oxygen atoms in total. The van der Waals surface area contributed by atoms with Gasteiger partial charge in [-0.3, -0.25) is 0 Å². The van der Waals surface area contributed by atoms with Gasteiger partial charge >= 0.3 is 7.25 Å². The molecule has 0 atom stereocenters. The Morgan fingerprint density at radius 2 is 0.909 bits per heavy atom. The van der Waals surface area contributed by atoms with E-state index in [0.717, 1.165) is 0 Å². The van der Waals surface area contributed by atoms with Crippen LogP contribution < -0.4 is 0 Å². The van der Waals surface area contributed by atoms with Crippen molar-refractivity contribution in [2.24, 2.45) is 0 Å². The van der Waals surface area contributed by atoms with E-state index in [1.807, 2.05) is 0 Å². The van der Waals surface area contributed by atoms with E-state index in [1.54, 1.807) is 18.5 Å². The zero-order chi connectivity index (χ0) is 17.9. The van der Waals surface area contributed by atoms with Crippen LogP contribution in [0.25, 0.3) is 0 Å². The largest absolute Gasteiger partial charge is 0.673 e. The van der Waals surface area contributed by atoms with Gasteiger partial charge in [0.15, 0.2) is 0 Å². The summed E-state index contributed by atoms with van der Waals surface area (Å²) in [6.07, 6.45) is 13.1. The Hall–Kier alpha value is 0.215. The van der Waals surface area contributed by atoms with Crippen LogP contribution in [0.5, 0.6) is 0 Å². The molecule has 0 aromatic rings. The maximum atomic E-state index is 9.75. The van der Waals surface area contributed by atoms with E-state index < -0.39 is 14.5 Å². The van der Waals surface area contributed by atoms with Gasteiger partial charge in [-0.05, 0) is 40.0 Å². The zero-order valence-corrected chi connectivity index (χ0v) is 16.3. The Morgan fingerprint density at radius 1 is 0.682 bits per heavy atom. The van der Waals surface area contributed by atoms with Gasteiger partial charge in [-0.2, -0.15) is 0 Å². The highest BCUT2D eigenvalue weighted by Crippen LogP contribution is 2.69. The molecular weight excluding hydrogens is 310 g/mol. The highest BCUT2D eigenvalue weighted by molar-refractivity contribution is 7.77. The maximum absolute atomic E-state index is 9.75. The molecular formula is C16H36BF4P. The second kappa shape index (κ2) is 11.7. The van der Waals surface area contributed by atoms with Crippen molar-refractivity contribution in [3.8, 4) is 0 Å². The van der Waals surface area contributed by atoms with Crippen molar-refractivity contribution in [2.75, 3.05) is 18.5 Å². The van der Waals surface area contributed by atoms with Crippen LogP contribution in [0.2, 0.25) is 0 Å². The topological polar surface area (TPSA) is 0 Å². The summed E-state index contributed by atoms with van der Waals surface area (Å²) in [7, 11) is -6.73. The molecule has 0 aliphatic carbocycles. The third-order valence-electron chi connectivity index (χ3n) is 4.24. The molecule has 0 bridgehead atoms. The normalized spacial score (nSPS) is 12.8. The summed E-state index contributed by atoms with van der Waals surface area (Å²) in [4.78, 5) is 0. The Kier molecular flexibility index (Phi) is 13.0. The summed E-state index contributed by atoms with van der Waals surface area (Å²) in [5.41, 5.74) is 0. The molecule has 6 heteroatoms. The molecule has 0 aromatic carbocycles. The van der Waals surface area contributed by atoms with Crippen molar-refractivity contribution in [2.45, 2.75) is 85.2 Å². The first-order valence-corrected chi connectivity index (χ1v) is 11.0. The van der Waals surface area contributed by atoms with Gasteiger partial charge in [-0.25, -0.2) is 0 Å². The average molecular weight is 346 g/mol. The fraction of sp³-hybridized carbons (Fsp3) is 1.00. The van der Waals surface area contributed by atoms with Crippen molar-refractivity contribution in [1.29, 1.82) is 0 Å². The van der Waals surface area contributed by atoms with E-state index in [1.165, 1.54) is 38.5 Å². The number of halogens is 4. The lowest BCUT2D eigenvalue weighted by atomic mass is 10.2. The SMILES string of the molecule is CCCC[P+](CCCC)(CCCC)C(C)(C)C.F[B-](F)(F)F. The van der Waals surface area contributed by atoms with Gasteiger partial charge in [0.2, 0.25) is 0 Å². The van der Waals surface area contributed by atoms with Crippen LogP contribution in [-0.2, 0) is 0 Å². The van der Waals surface area contributed by atoms with Crippen LogP contribution in [0.4, 0.5) is 17.3 Å². The van der Waals surface area contributed by atoms with Crippen LogP contribution in [0.1, 0.15) is 80.1 Å². The number of rotatable bonds is 9. The summed E-state index contributed by atoms with van der Waals surface area (Å²) in [5, 5.41) is 0.576. The van der Waals surface area contributed by atoms with E-state index >= 15 is 0 Å². The van der Waals surface area contributed by atoms with E-state index in [0.29, 0.717) is 5.16 Å². The van der Waals surface area contributed by atoms with E-state index in [9.17, 15) is 17.3 Å². The van der Waals surface area contributed by atoms with Gasteiger partial charge < -0.3 is 17.3 Å². The second-order valence-electron chi connectivity index (χ2n) is 7.04. The number of hydrogen-bond donors (Lipinski definition) is 0. The van der Waals surface area contributed by atoms with Crippen molar-refractivity contribution >= 4 is 14.5 Å². The third-order valence-corrected chi connectivity index (χ3v) is 10.6. The Labute approximate surface area is 136 Å². The third kappa shape index (κ3) is 12.7. The molecule has 136 valence electrons. The first-order chi connectivity index (χ1) is 9.93. The molecule has 0 aliphatic rings. The second-order valence-corrected chi connectivity index (χ2v) is 12.0. The molecule has 0 aromatic heterocycles. The molecule has 0 rings (SSSR count). The van der Waals surface area contributed by atoms with E-state index in [4.69, 9.17) is 0 Å². The molecule has 0 radical (unpaired) electrons. The Bertz CT molecular complexity index is 234. The van der Waals surface area contributed by atoms with Crippen LogP contribution in [0.15, 0.2) is 0 Å². The predicted molar refractivity (Wildman–Crippen MR) is 96.2 cm³/mol. The fourth-order valence-corrected chi connectivity index (χ4v) is 8.17. The van der Waals surface area contributed by atoms with Crippen LogP contribution in [-0.4, -0.2) is 30.9 Å². The fourth-order valence-electron chi connectivity index (χ4n) is 2.72. The highest BCUT2D eigenvalue weighted by Gasteiger charge is 2.46. The molecule has 0 heterocycles. The van der Waals surface area contributed by atoms with Gasteiger partial charge in [-0.1, -0.05) is 40.0 Å². The summed E-state index contributed by atoms with van der Waals surface area (Å²) in [6.45, 7) is 14.6. The van der Waals surface area contributed by atoms with Crippen LogP contribution in [0.3, 0.4) is 0 Å². The van der Waals surface area contributed by atoms with Crippen molar-refractivity contribution in [3.05, 3.63) is 0 Å². The maximum Gasteiger partial charge on any atom is 0.673 e. The van der Waals surface area contributed by atoms with E-state index in [2.05, 4.69) is 41.5 Å². The molecule has 0 N–H and O–H groups in total. The van der Waals surface area contributed by atoms with Crippen molar-refractivity contribution in [3.63, 3.8) is 0 Å². The Balaban J connectivity index is 0. The Morgan fingerprint density at radius 3 is 1.05 bits per heavy atom. The first-order valence-electron chi connectivity index (χ1n) is 8.67. The molecule has 0 unspecified atom stereocenters. The average Bonchev–Trinajstić information content (AvgIpc) is 2.35. The molecule has 0 fully saturated rings. The lowest BCUT2D eigenvalue weighted by molar-refractivity contribution is 0.368. The summed E-state index contributed by atoms with van der Waals surface area (Å²) in [5.74, 6) is 0. The lowest BCUT2D eigenvalue weighted by Crippen LogP contribution is -2.27. The monoisotopic (exact) mass is 346 g/mol. The van der Waals surface area contributed by atoms with Gasteiger partial charge in [0.25, 0.3) is 0 Å². The van der Waals surface area contributed by atoms with Crippen molar-refractivity contribution in [1.82, 2.24) is 0 Å². The molecule has 0 saturated carbocycles. The predicted octanol–water partition coefficient (Wildman–Crippen LogP) is 7.50. The lowest BCUT2D eigenvalue weighted by Gasteiger charge is -2.39. The highest BCUT2D eigenvalue weighted by atomic mass is 31.2. The molecule has 0 saturated heterocycles. The van der Waals surface area contributed by atoms with Gasteiger partial charge in [-0.15, -0.1) is 0 Å². The van der Waals surface area contributed by atoms with Crippen LogP contribution in [0, 0.1) is 0 Å². The standard InChI is InChI=1S/C16H36P.BF4/c1-7-10-13-17(14-11-8-2,15-12-9-3)16(4,5)6;2-1(3,4)5/h7-15H2,1-6H3;/q+1;-1. The van der Waals surface area contributed by atoms with Gasteiger partial charge in [0.05, 0.1) is 23.6 Å². The van der Waals surface area contributed by atoms with Crippen molar-refractivity contribution < 1.29 is 17.3 Å².